The molecule has 94 valence electrons. The first-order valence-corrected chi connectivity index (χ1v) is 7.55. The highest BCUT2D eigenvalue weighted by Crippen LogP contribution is 2.17. The van der Waals surface area contributed by atoms with Crippen LogP contribution in [-0.4, -0.2) is 27.5 Å². The van der Waals surface area contributed by atoms with Crippen LogP contribution in [0.2, 0.25) is 0 Å². The van der Waals surface area contributed by atoms with Crippen LogP contribution in [-0.2, 0) is 15.8 Å². The molecule has 0 bridgehead atoms. The molecule has 0 spiro atoms. The number of hydrogen-bond donors (Lipinski definition) is 2. The van der Waals surface area contributed by atoms with Crippen LogP contribution in [0.15, 0.2) is 30.3 Å². The maximum Gasteiger partial charge on any atom is 0.215 e. The quantitative estimate of drug-likeness (QED) is 0.710. The van der Waals surface area contributed by atoms with Gasteiger partial charge in [0, 0.05) is 19.1 Å². The van der Waals surface area contributed by atoms with Gasteiger partial charge in [-0.1, -0.05) is 30.3 Å². The molecule has 1 aromatic rings. The van der Waals surface area contributed by atoms with Crippen LogP contribution in [0.4, 0.5) is 0 Å². The molecular weight excluding hydrogens is 236 g/mol. The van der Waals surface area contributed by atoms with E-state index < -0.39 is 10.0 Å². The van der Waals surface area contributed by atoms with Gasteiger partial charge in [-0.05, 0) is 18.4 Å². The van der Waals surface area contributed by atoms with E-state index >= 15 is 0 Å². The molecule has 2 N–H and O–H groups in total. The summed E-state index contributed by atoms with van der Waals surface area (Å²) in [4.78, 5) is 0. The van der Waals surface area contributed by atoms with Crippen molar-refractivity contribution >= 4 is 10.0 Å². The monoisotopic (exact) mass is 254 g/mol. The van der Waals surface area contributed by atoms with E-state index in [0.717, 1.165) is 5.56 Å². The summed E-state index contributed by atoms with van der Waals surface area (Å²) in [5.74, 6) is 0.0528. The van der Waals surface area contributed by atoms with Crippen molar-refractivity contribution in [3.8, 4) is 0 Å². The van der Waals surface area contributed by atoms with Crippen LogP contribution in [0.25, 0.3) is 0 Å². The van der Waals surface area contributed by atoms with Gasteiger partial charge in [0.2, 0.25) is 10.0 Å². The van der Waals surface area contributed by atoms with Crippen molar-refractivity contribution in [1.29, 1.82) is 0 Å². The molecule has 0 aromatic heterocycles. The molecule has 1 saturated carbocycles. The minimum atomic E-state index is -3.20. The number of sulfonamides is 1. The Labute approximate surface area is 102 Å². The van der Waals surface area contributed by atoms with Crippen molar-refractivity contribution in [3.63, 3.8) is 0 Å². The second-order valence-corrected chi connectivity index (χ2v) is 6.17. The second-order valence-electron chi connectivity index (χ2n) is 4.37. The van der Waals surface area contributed by atoms with Gasteiger partial charge < -0.3 is 5.32 Å². The maximum atomic E-state index is 11.7. The maximum absolute atomic E-state index is 11.7. The Morgan fingerprint density at radius 2 is 1.82 bits per heavy atom. The van der Waals surface area contributed by atoms with Gasteiger partial charge in [-0.25, -0.2) is 13.1 Å². The lowest BCUT2D eigenvalue weighted by atomic mass is 10.2. The molecule has 2 rings (SSSR count). The molecular formula is C12H18N2O2S. The number of nitrogens with one attached hydrogen (secondary N) is 2. The predicted octanol–water partition coefficient (Wildman–Crippen LogP) is 0.858. The van der Waals surface area contributed by atoms with Crippen molar-refractivity contribution in [2.75, 3.05) is 13.1 Å². The van der Waals surface area contributed by atoms with Crippen LogP contribution in [0, 0.1) is 0 Å². The zero-order valence-corrected chi connectivity index (χ0v) is 10.5. The first-order valence-electron chi connectivity index (χ1n) is 5.90. The van der Waals surface area contributed by atoms with Crippen molar-refractivity contribution in [1.82, 2.24) is 10.0 Å². The van der Waals surface area contributed by atoms with Gasteiger partial charge in [-0.15, -0.1) is 0 Å². The zero-order valence-electron chi connectivity index (χ0n) is 9.72. The summed E-state index contributed by atoms with van der Waals surface area (Å²) in [6.45, 7) is 1.17. The molecule has 0 atom stereocenters. The Kier molecular flexibility index (Phi) is 4.15. The highest BCUT2D eigenvalue weighted by Gasteiger charge is 2.20. The van der Waals surface area contributed by atoms with Gasteiger partial charge in [0.05, 0.1) is 5.75 Å². The third-order valence-corrected chi connectivity index (χ3v) is 4.01. The molecule has 0 amide bonds. The van der Waals surface area contributed by atoms with E-state index in [9.17, 15) is 8.42 Å². The first-order chi connectivity index (χ1) is 8.16. The van der Waals surface area contributed by atoms with E-state index in [1.54, 1.807) is 0 Å². The van der Waals surface area contributed by atoms with Crippen LogP contribution < -0.4 is 10.0 Å². The minimum Gasteiger partial charge on any atom is -0.313 e. The van der Waals surface area contributed by atoms with Crippen molar-refractivity contribution in [3.05, 3.63) is 35.9 Å². The third-order valence-electron chi connectivity index (χ3n) is 2.66. The van der Waals surface area contributed by atoms with Crippen LogP contribution in [0.1, 0.15) is 18.4 Å². The molecule has 17 heavy (non-hydrogen) atoms. The van der Waals surface area contributed by atoms with Gasteiger partial charge in [-0.3, -0.25) is 0 Å². The van der Waals surface area contributed by atoms with Crippen LogP contribution in [0.3, 0.4) is 0 Å². The molecule has 0 saturated heterocycles. The Balaban J connectivity index is 1.73. The van der Waals surface area contributed by atoms with E-state index in [1.807, 2.05) is 30.3 Å². The molecule has 1 aliphatic rings. The van der Waals surface area contributed by atoms with Crippen molar-refractivity contribution in [2.45, 2.75) is 24.6 Å². The van der Waals surface area contributed by atoms with E-state index in [-0.39, 0.29) is 5.75 Å². The normalized spacial score (nSPS) is 16.0. The summed E-state index contributed by atoms with van der Waals surface area (Å²) in [7, 11) is -3.20. The molecule has 1 aromatic carbocycles. The number of rotatable bonds is 7. The molecule has 1 fully saturated rings. The summed E-state index contributed by atoms with van der Waals surface area (Å²) < 4.78 is 26.0. The van der Waals surface area contributed by atoms with E-state index in [1.165, 1.54) is 12.8 Å². The van der Waals surface area contributed by atoms with Gasteiger partial charge in [0.1, 0.15) is 0 Å². The fourth-order valence-corrected chi connectivity index (χ4v) is 2.76. The lowest BCUT2D eigenvalue weighted by Gasteiger charge is -2.07. The summed E-state index contributed by atoms with van der Waals surface area (Å²) in [5, 5.41) is 3.27. The lowest BCUT2D eigenvalue weighted by molar-refractivity contribution is 0.574. The summed E-state index contributed by atoms with van der Waals surface area (Å²) in [5.41, 5.74) is 0.815. The van der Waals surface area contributed by atoms with Crippen LogP contribution >= 0.6 is 0 Å². The predicted molar refractivity (Wildman–Crippen MR) is 68.1 cm³/mol. The SMILES string of the molecule is O=S(=O)(Cc1ccccc1)NCCNC1CC1. The highest BCUT2D eigenvalue weighted by atomic mass is 32.2. The molecule has 4 nitrogen and oxygen atoms in total. The molecule has 0 heterocycles. The molecule has 0 unspecified atom stereocenters. The second kappa shape index (κ2) is 5.62. The van der Waals surface area contributed by atoms with Gasteiger partial charge in [0.25, 0.3) is 0 Å². The van der Waals surface area contributed by atoms with E-state index in [2.05, 4.69) is 10.0 Å². The zero-order chi connectivity index (χ0) is 12.1. The Morgan fingerprint density at radius 3 is 2.47 bits per heavy atom. The van der Waals surface area contributed by atoms with E-state index in [4.69, 9.17) is 0 Å². The van der Waals surface area contributed by atoms with Crippen LogP contribution in [0.5, 0.6) is 0 Å². The van der Waals surface area contributed by atoms with E-state index in [0.29, 0.717) is 19.1 Å². The Hall–Kier alpha value is -0.910. The Morgan fingerprint density at radius 1 is 1.12 bits per heavy atom. The minimum absolute atomic E-state index is 0.0528. The molecule has 1 aliphatic carbocycles. The van der Waals surface area contributed by atoms with Crippen molar-refractivity contribution < 1.29 is 8.42 Å². The average molecular weight is 254 g/mol. The number of benzene rings is 1. The Bertz CT molecular complexity index is 441. The topological polar surface area (TPSA) is 58.2 Å². The van der Waals surface area contributed by atoms with Gasteiger partial charge in [0.15, 0.2) is 0 Å². The molecule has 0 radical (unpaired) electrons. The first kappa shape index (κ1) is 12.5. The number of hydrogen-bond acceptors (Lipinski definition) is 3. The molecule has 5 heteroatoms. The van der Waals surface area contributed by atoms with Gasteiger partial charge in [-0.2, -0.15) is 0 Å². The fraction of sp³-hybridized carbons (Fsp3) is 0.500. The average Bonchev–Trinajstić information content (AvgIpc) is 3.09. The third kappa shape index (κ3) is 4.85. The standard InChI is InChI=1S/C12H18N2O2S/c15-17(16,10-11-4-2-1-3-5-11)14-9-8-13-12-6-7-12/h1-5,12-14H,6-10H2. The lowest BCUT2D eigenvalue weighted by Crippen LogP contribution is -2.33. The summed E-state index contributed by atoms with van der Waals surface area (Å²) in [6, 6.07) is 9.83. The smallest absolute Gasteiger partial charge is 0.215 e. The fourth-order valence-electron chi connectivity index (χ4n) is 1.61. The molecule has 0 aliphatic heterocycles. The van der Waals surface area contributed by atoms with Crippen molar-refractivity contribution in [2.24, 2.45) is 0 Å². The highest BCUT2D eigenvalue weighted by molar-refractivity contribution is 7.88. The summed E-state index contributed by atoms with van der Waals surface area (Å²) >= 11 is 0. The largest absolute Gasteiger partial charge is 0.313 e. The summed E-state index contributed by atoms with van der Waals surface area (Å²) in [6.07, 6.45) is 2.44. The van der Waals surface area contributed by atoms with Gasteiger partial charge >= 0.3 is 0 Å².